The highest BCUT2D eigenvalue weighted by Crippen LogP contribution is 2.37. The number of fused-ring (bicyclic) bond motifs is 1. The van der Waals surface area contributed by atoms with E-state index < -0.39 is 22.0 Å². The molecular weight excluding hydrogens is 404 g/mol. The van der Waals surface area contributed by atoms with Gasteiger partial charge in [0.05, 0.1) is 29.9 Å². The number of para-hydroxylation sites is 4. The van der Waals surface area contributed by atoms with E-state index in [4.69, 9.17) is 9.47 Å². The molecule has 0 bridgehead atoms. The Hall–Kier alpha value is -3.52. The van der Waals surface area contributed by atoms with Crippen LogP contribution in [0.2, 0.25) is 0 Å². The van der Waals surface area contributed by atoms with Gasteiger partial charge >= 0.3 is 0 Å². The summed E-state index contributed by atoms with van der Waals surface area (Å²) < 4.78 is 38.9. The van der Waals surface area contributed by atoms with E-state index in [1.165, 1.54) is 23.5 Å². The topological polar surface area (TPSA) is 84.9 Å². The van der Waals surface area contributed by atoms with Crippen LogP contribution in [0.4, 0.5) is 11.4 Å². The molecule has 0 radical (unpaired) electrons. The van der Waals surface area contributed by atoms with Gasteiger partial charge in [0, 0.05) is 0 Å². The summed E-state index contributed by atoms with van der Waals surface area (Å²) in [5.74, 6) is 0.349. The lowest BCUT2D eigenvalue weighted by Crippen LogP contribution is -2.48. The van der Waals surface area contributed by atoms with Crippen LogP contribution in [-0.4, -0.2) is 34.1 Å². The number of nitrogens with one attached hydrogen (secondary N) is 1. The number of amides is 1. The molecule has 0 saturated carbocycles. The van der Waals surface area contributed by atoms with Crippen molar-refractivity contribution >= 4 is 27.3 Å². The highest BCUT2D eigenvalue weighted by atomic mass is 32.2. The molecule has 1 atom stereocenters. The second-order valence-electron chi connectivity index (χ2n) is 6.61. The maximum atomic E-state index is 13.3. The van der Waals surface area contributed by atoms with Crippen LogP contribution < -0.4 is 19.1 Å². The van der Waals surface area contributed by atoms with E-state index in [1.54, 1.807) is 66.7 Å². The van der Waals surface area contributed by atoms with Gasteiger partial charge in [0.25, 0.3) is 15.9 Å². The van der Waals surface area contributed by atoms with Crippen molar-refractivity contribution in [2.45, 2.75) is 11.0 Å². The van der Waals surface area contributed by atoms with Crippen molar-refractivity contribution in [3.05, 3.63) is 78.9 Å². The lowest BCUT2D eigenvalue weighted by atomic mass is 10.2. The smallest absolute Gasteiger partial charge is 0.267 e. The first-order chi connectivity index (χ1) is 14.5. The van der Waals surface area contributed by atoms with E-state index in [0.29, 0.717) is 22.9 Å². The molecule has 0 unspecified atom stereocenters. The molecule has 0 spiro atoms. The van der Waals surface area contributed by atoms with Crippen LogP contribution in [0.25, 0.3) is 0 Å². The van der Waals surface area contributed by atoms with Crippen molar-refractivity contribution in [2.24, 2.45) is 0 Å². The van der Waals surface area contributed by atoms with Crippen LogP contribution in [0.15, 0.2) is 83.8 Å². The van der Waals surface area contributed by atoms with Crippen LogP contribution in [0.3, 0.4) is 0 Å². The van der Waals surface area contributed by atoms with Gasteiger partial charge in [-0.15, -0.1) is 0 Å². The van der Waals surface area contributed by atoms with E-state index in [2.05, 4.69) is 5.32 Å². The number of hydrogen-bond donors (Lipinski definition) is 1. The summed E-state index contributed by atoms with van der Waals surface area (Å²) in [6.07, 6.45) is -1.04. The summed E-state index contributed by atoms with van der Waals surface area (Å²) in [5.41, 5.74) is 0.868. The Morgan fingerprint density at radius 1 is 1.00 bits per heavy atom. The summed E-state index contributed by atoms with van der Waals surface area (Å²) in [4.78, 5) is 13.1. The number of carbonyl (C=O) groups is 1. The second kappa shape index (κ2) is 8.08. The molecule has 1 aliphatic rings. The maximum absolute atomic E-state index is 13.3. The molecule has 3 aromatic rings. The van der Waals surface area contributed by atoms with Gasteiger partial charge in [0.1, 0.15) is 11.5 Å². The minimum atomic E-state index is -3.88. The molecule has 1 heterocycles. The molecule has 30 heavy (non-hydrogen) atoms. The third-order valence-electron chi connectivity index (χ3n) is 4.72. The fraction of sp³-hybridized carbons (Fsp3) is 0.136. The standard InChI is InChI=1S/C22H20N2O5S/c1-28-19-13-7-5-11-17(19)23-22(25)21-15-24(18-12-6-8-14-20(18)29-21)30(26,27)16-9-3-2-4-10-16/h2-14,21H,15H2,1H3,(H,23,25)/t21-/m1/s1. The van der Waals surface area contributed by atoms with Crippen molar-refractivity contribution in [3.63, 3.8) is 0 Å². The van der Waals surface area contributed by atoms with Crippen molar-refractivity contribution in [2.75, 3.05) is 23.3 Å². The Labute approximate surface area is 174 Å². The molecule has 1 N–H and O–H groups in total. The van der Waals surface area contributed by atoms with Crippen LogP contribution in [-0.2, 0) is 14.8 Å². The summed E-state index contributed by atoms with van der Waals surface area (Å²) in [7, 11) is -2.37. The van der Waals surface area contributed by atoms with Gasteiger partial charge in [-0.3, -0.25) is 9.10 Å². The van der Waals surface area contributed by atoms with E-state index in [-0.39, 0.29) is 11.4 Å². The fourth-order valence-corrected chi connectivity index (χ4v) is 4.74. The van der Waals surface area contributed by atoms with Crippen molar-refractivity contribution < 1.29 is 22.7 Å². The molecule has 8 heteroatoms. The highest BCUT2D eigenvalue weighted by Gasteiger charge is 2.37. The zero-order valence-electron chi connectivity index (χ0n) is 16.2. The normalized spacial score (nSPS) is 15.6. The number of ether oxygens (including phenoxy) is 2. The lowest BCUT2D eigenvalue weighted by molar-refractivity contribution is -0.122. The monoisotopic (exact) mass is 424 g/mol. The van der Waals surface area contributed by atoms with Crippen molar-refractivity contribution in [3.8, 4) is 11.5 Å². The third kappa shape index (κ3) is 3.69. The second-order valence-corrected chi connectivity index (χ2v) is 8.48. The first kappa shape index (κ1) is 19.8. The minimum Gasteiger partial charge on any atom is -0.495 e. The number of hydrogen-bond acceptors (Lipinski definition) is 5. The maximum Gasteiger partial charge on any atom is 0.267 e. The average molecular weight is 424 g/mol. The van der Waals surface area contributed by atoms with Crippen LogP contribution in [0, 0.1) is 0 Å². The van der Waals surface area contributed by atoms with Crippen LogP contribution >= 0.6 is 0 Å². The molecule has 0 aliphatic carbocycles. The van der Waals surface area contributed by atoms with Gasteiger partial charge in [-0.05, 0) is 36.4 Å². The van der Waals surface area contributed by atoms with Gasteiger partial charge in [-0.1, -0.05) is 42.5 Å². The molecule has 1 aliphatic heterocycles. The van der Waals surface area contributed by atoms with Crippen LogP contribution in [0.1, 0.15) is 0 Å². The molecule has 0 aromatic heterocycles. The fourth-order valence-electron chi connectivity index (χ4n) is 3.25. The van der Waals surface area contributed by atoms with Gasteiger partial charge in [0.2, 0.25) is 0 Å². The molecule has 1 amide bonds. The highest BCUT2D eigenvalue weighted by molar-refractivity contribution is 7.92. The molecule has 0 saturated heterocycles. The van der Waals surface area contributed by atoms with Gasteiger partial charge in [-0.25, -0.2) is 8.42 Å². The van der Waals surface area contributed by atoms with Gasteiger partial charge < -0.3 is 14.8 Å². The number of methoxy groups -OCH3 is 1. The zero-order valence-corrected chi connectivity index (χ0v) is 17.0. The molecule has 4 rings (SSSR count). The minimum absolute atomic E-state index is 0.144. The lowest BCUT2D eigenvalue weighted by Gasteiger charge is -2.34. The summed E-state index contributed by atoms with van der Waals surface area (Å²) in [6.45, 7) is -0.158. The van der Waals surface area contributed by atoms with Crippen LogP contribution in [0.5, 0.6) is 11.5 Å². The molecule has 0 fully saturated rings. The van der Waals surface area contributed by atoms with E-state index in [9.17, 15) is 13.2 Å². The number of benzene rings is 3. The number of nitrogens with zero attached hydrogens (tertiary/aromatic N) is 1. The Morgan fingerprint density at radius 3 is 2.43 bits per heavy atom. The quantitative estimate of drug-likeness (QED) is 0.679. The summed E-state index contributed by atoms with van der Waals surface area (Å²) in [5, 5.41) is 2.76. The Morgan fingerprint density at radius 2 is 1.67 bits per heavy atom. The van der Waals surface area contributed by atoms with Gasteiger partial charge in [-0.2, -0.15) is 0 Å². The number of anilines is 2. The van der Waals surface area contributed by atoms with Gasteiger partial charge in [0.15, 0.2) is 6.10 Å². The van der Waals surface area contributed by atoms with Crippen molar-refractivity contribution in [1.29, 1.82) is 0 Å². The molecule has 154 valence electrons. The summed E-state index contributed by atoms with van der Waals surface area (Å²) in [6, 6.07) is 21.8. The molecule has 3 aromatic carbocycles. The predicted octanol–water partition coefficient (Wildman–Crippen LogP) is 3.29. The van der Waals surface area contributed by atoms with E-state index in [0.717, 1.165) is 0 Å². The first-order valence-electron chi connectivity index (χ1n) is 9.28. The largest absolute Gasteiger partial charge is 0.495 e. The molecular formula is C22H20N2O5S. The predicted molar refractivity (Wildman–Crippen MR) is 113 cm³/mol. The Kier molecular flexibility index (Phi) is 5.33. The number of carbonyl (C=O) groups excluding carboxylic acids is 1. The first-order valence-corrected chi connectivity index (χ1v) is 10.7. The number of rotatable bonds is 5. The summed E-state index contributed by atoms with van der Waals surface area (Å²) >= 11 is 0. The number of sulfonamides is 1. The Bertz CT molecular complexity index is 1160. The molecule has 7 nitrogen and oxygen atoms in total. The zero-order chi connectivity index (χ0) is 21.1. The SMILES string of the molecule is COc1ccccc1NC(=O)[C@H]1CN(S(=O)(=O)c2ccccc2)c2ccccc2O1. The Balaban J connectivity index is 1.67. The van der Waals surface area contributed by atoms with E-state index >= 15 is 0 Å². The van der Waals surface area contributed by atoms with E-state index in [1.807, 2.05) is 0 Å². The van der Waals surface area contributed by atoms with Crippen molar-refractivity contribution in [1.82, 2.24) is 0 Å². The average Bonchev–Trinajstić information content (AvgIpc) is 2.79. The third-order valence-corrected chi connectivity index (χ3v) is 6.52.